The molecule has 4 rings (SSSR count). The molecule has 180 valence electrons. The van der Waals surface area contributed by atoms with E-state index in [9.17, 15) is 14.4 Å². The number of piperidine rings is 1. The molecule has 0 radical (unpaired) electrons. The highest BCUT2D eigenvalue weighted by atomic mass is 32.2. The van der Waals surface area contributed by atoms with Gasteiger partial charge in [-0.1, -0.05) is 30.0 Å². The van der Waals surface area contributed by atoms with Crippen molar-refractivity contribution >= 4 is 57.7 Å². The fourth-order valence-corrected chi connectivity index (χ4v) is 5.52. The summed E-state index contributed by atoms with van der Waals surface area (Å²) in [6.45, 7) is 3.96. The van der Waals surface area contributed by atoms with Gasteiger partial charge in [-0.05, 0) is 43.9 Å². The van der Waals surface area contributed by atoms with Gasteiger partial charge in [-0.3, -0.25) is 23.7 Å². The largest absolute Gasteiger partial charge is 0.385 e. The van der Waals surface area contributed by atoms with Gasteiger partial charge in [-0.15, -0.1) is 0 Å². The number of nitrogens with two attached hydrogens (primary N) is 1. The smallest absolute Gasteiger partial charge is 0.267 e. The quantitative estimate of drug-likeness (QED) is 0.348. The summed E-state index contributed by atoms with van der Waals surface area (Å²) in [6, 6.07) is 3.69. The van der Waals surface area contributed by atoms with Gasteiger partial charge in [-0.2, -0.15) is 0 Å². The van der Waals surface area contributed by atoms with E-state index in [1.807, 2.05) is 17.9 Å². The summed E-state index contributed by atoms with van der Waals surface area (Å²) in [5.41, 5.74) is 6.99. The standard InChI is InChI=1S/C23H27N5O4S2/c1-14-5-3-8-27-19(14)25-20(26-10-6-15(7-11-26)18(24)29)16(21(27)30)13-17-22(31)28(23(33)34-17)9-4-12-32-2/h3,5,8,13,15H,4,6-7,9-12H2,1-2H3,(H2,24,29)/b17-13+. The van der Waals surface area contributed by atoms with Crippen LogP contribution < -0.4 is 16.2 Å². The summed E-state index contributed by atoms with van der Waals surface area (Å²) < 4.78 is 7.04. The van der Waals surface area contributed by atoms with Crippen LogP contribution in [0.1, 0.15) is 30.4 Å². The van der Waals surface area contributed by atoms with Crippen molar-refractivity contribution in [2.24, 2.45) is 11.7 Å². The van der Waals surface area contributed by atoms with Gasteiger partial charge in [0.15, 0.2) is 0 Å². The van der Waals surface area contributed by atoms with Crippen molar-refractivity contribution in [3.8, 4) is 0 Å². The molecular weight excluding hydrogens is 474 g/mol. The van der Waals surface area contributed by atoms with Crippen molar-refractivity contribution in [1.82, 2.24) is 14.3 Å². The number of thioether (sulfide) groups is 1. The molecule has 2 fully saturated rings. The van der Waals surface area contributed by atoms with Crippen LogP contribution in [0.2, 0.25) is 0 Å². The molecule has 2 aromatic rings. The van der Waals surface area contributed by atoms with Crippen LogP contribution >= 0.6 is 24.0 Å². The van der Waals surface area contributed by atoms with Crippen LogP contribution in [0.15, 0.2) is 28.0 Å². The second kappa shape index (κ2) is 10.2. The number of carbonyl (C=O) groups excluding carboxylic acids is 2. The lowest BCUT2D eigenvalue weighted by Crippen LogP contribution is -2.40. The number of fused-ring (bicyclic) bond motifs is 1. The SMILES string of the molecule is COCCCN1C(=O)/C(=C\c2c(N3CCC(C(N)=O)CC3)nc3c(C)cccn3c2=O)SC1=S. The molecule has 2 amide bonds. The fourth-order valence-electron chi connectivity index (χ4n) is 4.23. The number of aryl methyl sites for hydroxylation is 1. The lowest BCUT2D eigenvalue weighted by atomic mass is 9.96. The van der Waals surface area contributed by atoms with E-state index >= 15 is 0 Å². The van der Waals surface area contributed by atoms with Crippen molar-refractivity contribution < 1.29 is 14.3 Å². The number of ether oxygens (including phenoxy) is 1. The lowest BCUT2D eigenvalue weighted by Gasteiger charge is -2.32. The highest BCUT2D eigenvalue weighted by Crippen LogP contribution is 2.34. The summed E-state index contributed by atoms with van der Waals surface area (Å²) in [7, 11) is 1.61. The Labute approximate surface area is 206 Å². The van der Waals surface area contributed by atoms with E-state index in [1.165, 1.54) is 16.2 Å². The molecule has 2 aromatic heterocycles. The number of pyridine rings is 1. The highest BCUT2D eigenvalue weighted by Gasteiger charge is 2.33. The van der Waals surface area contributed by atoms with Crippen molar-refractivity contribution in [1.29, 1.82) is 0 Å². The Morgan fingerprint density at radius 2 is 2.09 bits per heavy atom. The van der Waals surface area contributed by atoms with Crippen molar-refractivity contribution in [2.75, 3.05) is 38.3 Å². The Morgan fingerprint density at radius 3 is 2.76 bits per heavy atom. The van der Waals surface area contributed by atoms with Gasteiger partial charge in [0.2, 0.25) is 5.91 Å². The van der Waals surface area contributed by atoms with Crippen LogP contribution in [-0.2, 0) is 14.3 Å². The molecule has 2 aliphatic rings. The van der Waals surface area contributed by atoms with Gasteiger partial charge in [0, 0.05) is 45.5 Å². The van der Waals surface area contributed by atoms with Crippen LogP contribution in [-0.4, -0.2) is 63.8 Å². The maximum atomic E-state index is 13.6. The third kappa shape index (κ3) is 4.73. The van der Waals surface area contributed by atoms with Gasteiger partial charge < -0.3 is 15.4 Å². The van der Waals surface area contributed by atoms with E-state index in [0.717, 1.165) is 5.56 Å². The average Bonchev–Trinajstić information content (AvgIpc) is 3.08. The number of hydrogen-bond acceptors (Lipinski definition) is 8. The summed E-state index contributed by atoms with van der Waals surface area (Å²) in [4.78, 5) is 47.0. The van der Waals surface area contributed by atoms with Crippen molar-refractivity contribution in [3.63, 3.8) is 0 Å². The Hall–Kier alpha value is -2.76. The number of carbonyl (C=O) groups is 2. The number of rotatable bonds is 7. The highest BCUT2D eigenvalue weighted by molar-refractivity contribution is 8.26. The number of amides is 2. The van der Waals surface area contributed by atoms with Crippen molar-refractivity contribution in [3.05, 3.63) is 44.7 Å². The van der Waals surface area contributed by atoms with Crippen LogP contribution in [0.3, 0.4) is 0 Å². The average molecular weight is 502 g/mol. The molecular formula is C23H27N5O4S2. The summed E-state index contributed by atoms with van der Waals surface area (Å²) in [5, 5.41) is 0. The van der Waals surface area contributed by atoms with Gasteiger partial charge in [0.05, 0.1) is 10.5 Å². The molecule has 4 heterocycles. The van der Waals surface area contributed by atoms with Gasteiger partial charge in [0.25, 0.3) is 11.5 Å². The third-order valence-corrected chi connectivity index (χ3v) is 7.52. The van der Waals surface area contributed by atoms with Crippen LogP contribution in [0.25, 0.3) is 11.7 Å². The van der Waals surface area contributed by atoms with Crippen LogP contribution in [0.4, 0.5) is 5.82 Å². The minimum Gasteiger partial charge on any atom is -0.385 e. The molecule has 11 heteroatoms. The second-order valence-electron chi connectivity index (χ2n) is 8.38. The van der Waals surface area contributed by atoms with Crippen molar-refractivity contribution in [2.45, 2.75) is 26.2 Å². The predicted octanol–water partition coefficient (Wildman–Crippen LogP) is 1.94. The minimum atomic E-state index is -0.306. The van der Waals surface area contributed by atoms with Gasteiger partial charge in [0.1, 0.15) is 15.8 Å². The topological polar surface area (TPSA) is 110 Å². The summed E-state index contributed by atoms with van der Waals surface area (Å²) in [6.07, 6.45) is 5.12. The first-order chi connectivity index (χ1) is 16.3. The molecule has 2 N–H and O–H groups in total. The second-order valence-corrected chi connectivity index (χ2v) is 10.1. The number of anilines is 1. The first-order valence-electron chi connectivity index (χ1n) is 11.1. The molecule has 34 heavy (non-hydrogen) atoms. The number of thiocarbonyl (C=S) groups is 1. The fraction of sp³-hybridized carbons (Fsp3) is 0.435. The zero-order valence-electron chi connectivity index (χ0n) is 19.2. The molecule has 0 aromatic carbocycles. The maximum Gasteiger partial charge on any atom is 0.267 e. The number of aromatic nitrogens is 2. The monoisotopic (exact) mass is 501 g/mol. The molecule has 0 aliphatic carbocycles. The Bertz CT molecular complexity index is 1230. The summed E-state index contributed by atoms with van der Waals surface area (Å²) >= 11 is 6.60. The van der Waals surface area contributed by atoms with E-state index in [4.69, 9.17) is 27.7 Å². The van der Waals surface area contributed by atoms with E-state index in [1.54, 1.807) is 30.3 Å². The maximum absolute atomic E-state index is 13.6. The number of nitrogens with zero attached hydrogens (tertiary/aromatic N) is 4. The van der Waals surface area contributed by atoms with E-state index < -0.39 is 0 Å². The molecule has 2 saturated heterocycles. The zero-order valence-corrected chi connectivity index (χ0v) is 20.8. The molecule has 0 bridgehead atoms. The van der Waals surface area contributed by atoms with Gasteiger partial charge >= 0.3 is 0 Å². The first kappa shape index (κ1) is 24.4. The number of methoxy groups -OCH3 is 1. The number of hydrogen-bond donors (Lipinski definition) is 1. The normalized spacial score (nSPS) is 18.5. The minimum absolute atomic E-state index is 0.189. The van der Waals surface area contributed by atoms with E-state index in [2.05, 4.69) is 0 Å². The predicted molar refractivity (Wildman–Crippen MR) is 137 cm³/mol. The molecule has 2 aliphatic heterocycles. The molecule has 0 spiro atoms. The number of primary amides is 1. The van der Waals surface area contributed by atoms with E-state index in [0.29, 0.717) is 71.8 Å². The zero-order chi connectivity index (χ0) is 24.4. The lowest BCUT2D eigenvalue weighted by molar-refractivity contribution is -0.123. The van der Waals surface area contributed by atoms with Crippen LogP contribution in [0, 0.1) is 12.8 Å². The van der Waals surface area contributed by atoms with Gasteiger partial charge in [-0.25, -0.2) is 4.98 Å². The first-order valence-corrected chi connectivity index (χ1v) is 12.3. The molecule has 9 nitrogen and oxygen atoms in total. The van der Waals surface area contributed by atoms with Crippen LogP contribution in [0.5, 0.6) is 0 Å². The molecule has 0 unspecified atom stereocenters. The Kier molecular flexibility index (Phi) is 7.34. The Morgan fingerprint density at radius 1 is 1.35 bits per heavy atom. The molecule has 0 atom stereocenters. The van der Waals surface area contributed by atoms with E-state index in [-0.39, 0.29) is 23.3 Å². The molecule has 0 saturated carbocycles. The Balaban J connectivity index is 1.76. The third-order valence-electron chi connectivity index (χ3n) is 6.14. The summed E-state index contributed by atoms with van der Waals surface area (Å²) in [5.74, 6) is -0.212.